The van der Waals surface area contributed by atoms with Crippen molar-refractivity contribution in [3.63, 3.8) is 0 Å². The highest BCUT2D eigenvalue weighted by molar-refractivity contribution is 6.33. The van der Waals surface area contributed by atoms with Gasteiger partial charge in [0.1, 0.15) is 0 Å². The average molecular weight is 242 g/mol. The molecule has 1 heterocycles. The minimum atomic E-state index is 0.0181. The molecular formula is C11H16ClN3O. The van der Waals surface area contributed by atoms with Gasteiger partial charge in [0.15, 0.2) is 0 Å². The number of pyridine rings is 1. The predicted molar refractivity (Wildman–Crippen MR) is 65.6 cm³/mol. The summed E-state index contributed by atoms with van der Waals surface area (Å²) in [5, 5.41) is 6.51. The van der Waals surface area contributed by atoms with Crippen LogP contribution in [-0.4, -0.2) is 24.0 Å². The molecule has 0 aliphatic rings. The number of halogens is 1. The first-order chi connectivity index (χ1) is 7.61. The molecule has 1 aromatic heterocycles. The lowest BCUT2D eigenvalue weighted by Gasteiger charge is -2.10. The molecular weight excluding hydrogens is 226 g/mol. The Morgan fingerprint density at radius 2 is 2.25 bits per heavy atom. The third kappa shape index (κ3) is 4.06. The van der Waals surface area contributed by atoms with Crippen LogP contribution in [0.3, 0.4) is 0 Å². The number of carbonyl (C=O) groups is 1. The van der Waals surface area contributed by atoms with Crippen LogP contribution in [0.5, 0.6) is 0 Å². The first kappa shape index (κ1) is 12.8. The normalized spacial score (nSPS) is 10.2. The lowest BCUT2D eigenvalue weighted by molar-refractivity contribution is -0.123. The van der Waals surface area contributed by atoms with Gasteiger partial charge in [0.2, 0.25) is 5.91 Å². The summed E-state index contributed by atoms with van der Waals surface area (Å²) >= 11 is 5.90. The van der Waals surface area contributed by atoms with Crippen LogP contribution >= 0.6 is 11.6 Å². The zero-order chi connectivity index (χ0) is 12.0. The van der Waals surface area contributed by atoms with Crippen molar-refractivity contribution in [3.05, 3.63) is 23.5 Å². The minimum Gasteiger partial charge on any atom is -0.382 e. The number of nitrogens with zero attached hydrogens (tertiary/aromatic N) is 1. The summed E-state index contributed by atoms with van der Waals surface area (Å²) < 4.78 is 0. The standard InChI is InChI=1S/C11H16ClN3O/c1-8(2)11(16)15-6-5-14-10-3-4-13-7-9(10)12/h3-4,7-8H,5-6H2,1-2H3,(H,13,14)(H,15,16). The van der Waals surface area contributed by atoms with E-state index in [0.29, 0.717) is 18.1 Å². The van der Waals surface area contributed by atoms with Crippen molar-refractivity contribution >= 4 is 23.2 Å². The van der Waals surface area contributed by atoms with Gasteiger partial charge in [-0.15, -0.1) is 0 Å². The van der Waals surface area contributed by atoms with Crippen molar-refractivity contribution in [2.75, 3.05) is 18.4 Å². The summed E-state index contributed by atoms with van der Waals surface area (Å²) in [6.45, 7) is 4.95. The van der Waals surface area contributed by atoms with Crippen molar-refractivity contribution in [3.8, 4) is 0 Å². The zero-order valence-corrected chi connectivity index (χ0v) is 10.2. The van der Waals surface area contributed by atoms with Crippen molar-refractivity contribution in [1.29, 1.82) is 0 Å². The summed E-state index contributed by atoms with van der Waals surface area (Å²) in [5.74, 6) is 0.0761. The Bertz CT molecular complexity index is 355. The van der Waals surface area contributed by atoms with Gasteiger partial charge in [0.05, 0.1) is 10.7 Å². The quantitative estimate of drug-likeness (QED) is 0.775. The van der Waals surface area contributed by atoms with Crippen molar-refractivity contribution in [2.45, 2.75) is 13.8 Å². The molecule has 0 saturated carbocycles. The van der Waals surface area contributed by atoms with Crippen LogP contribution in [0.15, 0.2) is 18.5 Å². The van der Waals surface area contributed by atoms with Crippen molar-refractivity contribution in [1.82, 2.24) is 10.3 Å². The zero-order valence-electron chi connectivity index (χ0n) is 9.46. The number of amides is 1. The highest BCUT2D eigenvalue weighted by atomic mass is 35.5. The molecule has 0 unspecified atom stereocenters. The lowest BCUT2D eigenvalue weighted by atomic mass is 10.2. The van der Waals surface area contributed by atoms with Crippen LogP contribution < -0.4 is 10.6 Å². The molecule has 1 amide bonds. The van der Waals surface area contributed by atoms with E-state index in [1.54, 1.807) is 18.5 Å². The summed E-state index contributed by atoms with van der Waals surface area (Å²) in [5.41, 5.74) is 0.829. The fraction of sp³-hybridized carbons (Fsp3) is 0.455. The molecule has 0 atom stereocenters. The second kappa shape index (κ2) is 6.33. The van der Waals surface area contributed by atoms with E-state index < -0.39 is 0 Å². The van der Waals surface area contributed by atoms with E-state index in [1.807, 2.05) is 13.8 Å². The molecule has 1 aromatic rings. The number of rotatable bonds is 5. The SMILES string of the molecule is CC(C)C(=O)NCCNc1ccncc1Cl. The molecule has 0 radical (unpaired) electrons. The Hall–Kier alpha value is -1.29. The molecule has 0 saturated heterocycles. The molecule has 16 heavy (non-hydrogen) atoms. The molecule has 0 aliphatic heterocycles. The monoisotopic (exact) mass is 241 g/mol. The lowest BCUT2D eigenvalue weighted by Crippen LogP contribution is -2.31. The van der Waals surface area contributed by atoms with Gasteiger partial charge < -0.3 is 10.6 Å². The molecule has 0 bridgehead atoms. The van der Waals surface area contributed by atoms with E-state index in [9.17, 15) is 4.79 Å². The summed E-state index contributed by atoms with van der Waals surface area (Å²) in [6.07, 6.45) is 3.25. The van der Waals surface area contributed by atoms with Crippen LogP contribution in [-0.2, 0) is 4.79 Å². The number of anilines is 1. The van der Waals surface area contributed by atoms with E-state index in [0.717, 1.165) is 5.69 Å². The summed E-state index contributed by atoms with van der Waals surface area (Å²) in [4.78, 5) is 15.1. The van der Waals surface area contributed by atoms with E-state index >= 15 is 0 Å². The van der Waals surface area contributed by atoms with E-state index in [1.165, 1.54) is 0 Å². The van der Waals surface area contributed by atoms with Gasteiger partial charge in [-0.3, -0.25) is 9.78 Å². The number of carbonyl (C=O) groups excluding carboxylic acids is 1. The summed E-state index contributed by atoms with van der Waals surface area (Å²) in [6, 6.07) is 1.80. The van der Waals surface area contributed by atoms with Gasteiger partial charge in [0, 0.05) is 31.4 Å². The first-order valence-electron chi connectivity index (χ1n) is 5.22. The highest BCUT2D eigenvalue weighted by Gasteiger charge is 2.04. The molecule has 0 fully saturated rings. The Labute approximate surface area is 100 Å². The Kier molecular flexibility index (Phi) is 5.05. The molecule has 2 N–H and O–H groups in total. The van der Waals surface area contributed by atoms with E-state index in [-0.39, 0.29) is 11.8 Å². The number of hydrogen-bond acceptors (Lipinski definition) is 3. The van der Waals surface area contributed by atoms with E-state index in [4.69, 9.17) is 11.6 Å². The molecule has 88 valence electrons. The van der Waals surface area contributed by atoms with Gasteiger partial charge in [-0.05, 0) is 6.07 Å². The third-order valence-corrected chi connectivity index (χ3v) is 2.34. The molecule has 0 aromatic carbocycles. The largest absolute Gasteiger partial charge is 0.382 e. The molecule has 0 aliphatic carbocycles. The van der Waals surface area contributed by atoms with Crippen molar-refractivity contribution in [2.24, 2.45) is 5.92 Å². The van der Waals surface area contributed by atoms with Gasteiger partial charge in [-0.1, -0.05) is 25.4 Å². The van der Waals surface area contributed by atoms with Crippen LogP contribution in [0, 0.1) is 5.92 Å². The van der Waals surface area contributed by atoms with Gasteiger partial charge in [0.25, 0.3) is 0 Å². The third-order valence-electron chi connectivity index (χ3n) is 2.04. The van der Waals surface area contributed by atoms with Gasteiger partial charge in [-0.25, -0.2) is 0 Å². The predicted octanol–water partition coefficient (Wildman–Crippen LogP) is 1.92. The molecule has 1 rings (SSSR count). The van der Waals surface area contributed by atoms with Crippen molar-refractivity contribution < 1.29 is 4.79 Å². The van der Waals surface area contributed by atoms with Crippen LogP contribution in [0.1, 0.15) is 13.8 Å². The Morgan fingerprint density at radius 1 is 1.50 bits per heavy atom. The smallest absolute Gasteiger partial charge is 0.222 e. The van der Waals surface area contributed by atoms with E-state index in [2.05, 4.69) is 15.6 Å². The molecule has 5 heteroatoms. The second-order valence-corrected chi connectivity index (χ2v) is 4.14. The van der Waals surface area contributed by atoms with Gasteiger partial charge in [-0.2, -0.15) is 0 Å². The number of hydrogen-bond donors (Lipinski definition) is 2. The first-order valence-corrected chi connectivity index (χ1v) is 5.60. The maximum atomic E-state index is 11.2. The van der Waals surface area contributed by atoms with Crippen LogP contribution in [0.25, 0.3) is 0 Å². The maximum absolute atomic E-state index is 11.2. The molecule has 0 spiro atoms. The Morgan fingerprint density at radius 3 is 2.88 bits per heavy atom. The highest BCUT2D eigenvalue weighted by Crippen LogP contribution is 2.18. The fourth-order valence-electron chi connectivity index (χ4n) is 1.11. The van der Waals surface area contributed by atoms with Crippen LogP contribution in [0.4, 0.5) is 5.69 Å². The minimum absolute atomic E-state index is 0.0181. The molecule has 4 nitrogen and oxygen atoms in total. The average Bonchev–Trinajstić information content (AvgIpc) is 2.26. The second-order valence-electron chi connectivity index (χ2n) is 3.73. The van der Waals surface area contributed by atoms with Crippen LogP contribution in [0.2, 0.25) is 5.02 Å². The maximum Gasteiger partial charge on any atom is 0.222 e. The summed E-state index contributed by atoms with van der Waals surface area (Å²) in [7, 11) is 0. The number of aromatic nitrogens is 1. The number of nitrogens with one attached hydrogen (secondary N) is 2. The Balaban J connectivity index is 2.26. The van der Waals surface area contributed by atoms with Gasteiger partial charge >= 0.3 is 0 Å². The topological polar surface area (TPSA) is 54.0 Å². The fourth-order valence-corrected chi connectivity index (χ4v) is 1.29.